The van der Waals surface area contributed by atoms with E-state index in [1.807, 2.05) is 56.8 Å². The molecule has 0 spiro atoms. The molecule has 0 unspecified atom stereocenters. The Morgan fingerprint density at radius 1 is 1.27 bits per heavy atom. The molecule has 30 heavy (non-hydrogen) atoms. The Morgan fingerprint density at radius 3 is 2.57 bits per heavy atom. The fraction of sp³-hybridized carbons (Fsp3) is 0.455. The first kappa shape index (κ1) is 23.8. The van der Waals surface area contributed by atoms with Crippen LogP contribution in [0.1, 0.15) is 25.1 Å². The number of methoxy groups -OCH3 is 1. The van der Waals surface area contributed by atoms with Gasteiger partial charge >= 0.3 is 6.03 Å². The fourth-order valence-corrected chi connectivity index (χ4v) is 3.13. The van der Waals surface area contributed by atoms with Crippen molar-refractivity contribution in [3.05, 3.63) is 52.8 Å². The van der Waals surface area contributed by atoms with Crippen LogP contribution < -0.4 is 5.32 Å². The summed E-state index contributed by atoms with van der Waals surface area (Å²) in [6.07, 6.45) is 1.94. The van der Waals surface area contributed by atoms with Gasteiger partial charge in [-0.05, 0) is 50.6 Å². The van der Waals surface area contributed by atoms with E-state index in [4.69, 9.17) is 16.3 Å². The smallest absolute Gasteiger partial charge is 0.322 e. The van der Waals surface area contributed by atoms with Gasteiger partial charge in [-0.2, -0.15) is 0 Å². The highest BCUT2D eigenvalue weighted by Crippen LogP contribution is 2.20. The van der Waals surface area contributed by atoms with Gasteiger partial charge in [0.2, 0.25) is 5.91 Å². The minimum atomic E-state index is -0.344. The van der Waals surface area contributed by atoms with E-state index in [1.54, 1.807) is 24.1 Å². The van der Waals surface area contributed by atoms with Crippen molar-refractivity contribution in [2.75, 3.05) is 32.1 Å². The fourth-order valence-electron chi connectivity index (χ4n) is 2.95. The van der Waals surface area contributed by atoms with Crippen molar-refractivity contribution in [1.29, 1.82) is 0 Å². The molecule has 0 atom stereocenters. The van der Waals surface area contributed by atoms with Crippen LogP contribution in [-0.2, 0) is 23.1 Å². The summed E-state index contributed by atoms with van der Waals surface area (Å²) in [5.41, 5.74) is 2.53. The maximum atomic E-state index is 13.1. The van der Waals surface area contributed by atoms with Crippen molar-refractivity contribution in [3.8, 4) is 0 Å². The Labute approximate surface area is 183 Å². The molecule has 0 aliphatic rings. The first-order valence-electron chi connectivity index (χ1n) is 9.93. The van der Waals surface area contributed by atoms with Gasteiger partial charge in [0.25, 0.3) is 0 Å². The van der Waals surface area contributed by atoms with Crippen molar-refractivity contribution in [2.45, 2.75) is 33.4 Å². The van der Waals surface area contributed by atoms with Gasteiger partial charge < -0.3 is 24.4 Å². The number of hydrogen-bond donors (Lipinski definition) is 1. The number of ether oxygens (including phenoxy) is 1. The van der Waals surface area contributed by atoms with Crippen molar-refractivity contribution in [1.82, 2.24) is 14.4 Å². The van der Waals surface area contributed by atoms with E-state index >= 15 is 0 Å². The predicted octanol–water partition coefficient (Wildman–Crippen LogP) is 3.90. The molecule has 1 N–H and O–H groups in total. The highest BCUT2D eigenvalue weighted by molar-refractivity contribution is 6.31. The number of aryl methyl sites for hydroxylation is 2. The molecule has 1 heterocycles. The van der Waals surface area contributed by atoms with Gasteiger partial charge in [-0.3, -0.25) is 4.79 Å². The van der Waals surface area contributed by atoms with Crippen molar-refractivity contribution in [3.63, 3.8) is 0 Å². The second-order valence-corrected chi connectivity index (χ2v) is 7.94. The molecule has 0 aliphatic heterocycles. The molecule has 0 fully saturated rings. The monoisotopic (exact) mass is 434 g/mol. The molecule has 8 heteroatoms. The summed E-state index contributed by atoms with van der Waals surface area (Å²) in [6, 6.07) is 8.75. The van der Waals surface area contributed by atoms with E-state index in [0.29, 0.717) is 30.4 Å². The molecule has 2 rings (SSSR count). The van der Waals surface area contributed by atoms with Crippen LogP contribution in [-0.4, -0.2) is 59.2 Å². The van der Waals surface area contributed by atoms with E-state index in [1.165, 1.54) is 4.90 Å². The number of carbonyl (C=O) groups is 2. The van der Waals surface area contributed by atoms with Crippen LogP contribution in [0.3, 0.4) is 0 Å². The Hall–Kier alpha value is -2.51. The van der Waals surface area contributed by atoms with Crippen molar-refractivity contribution < 1.29 is 14.3 Å². The summed E-state index contributed by atoms with van der Waals surface area (Å²) in [4.78, 5) is 29.2. The van der Waals surface area contributed by atoms with E-state index in [-0.39, 0.29) is 24.5 Å². The molecular formula is C22H31ClN4O3. The zero-order valence-electron chi connectivity index (χ0n) is 18.3. The Balaban J connectivity index is 2.11. The van der Waals surface area contributed by atoms with E-state index in [9.17, 15) is 9.59 Å². The second kappa shape index (κ2) is 11.0. The van der Waals surface area contributed by atoms with Crippen LogP contribution >= 0.6 is 11.6 Å². The normalized spacial score (nSPS) is 10.9. The number of nitrogens with zero attached hydrogens (tertiary/aromatic N) is 3. The molecule has 2 aromatic rings. The van der Waals surface area contributed by atoms with Gasteiger partial charge in [0, 0.05) is 49.3 Å². The van der Waals surface area contributed by atoms with E-state index in [2.05, 4.69) is 5.32 Å². The lowest BCUT2D eigenvalue weighted by Gasteiger charge is -2.30. The number of amides is 3. The lowest BCUT2D eigenvalue weighted by molar-refractivity contribution is -0.133. The third kappa shape index (κ3) is 6.50. The summed E-state index contributed by atoms with van der Waals surface area (Å²) in [7, 11) is 3.54. The van der Waals surface area contributed by atoms with Crippen molar-refractivity contribution >= 4 is 29.2 Å². The maximum Gasteiger partial charge on any atom is 0.322 e. The van der Waals surface area contributed by atoms with Crippen LogP contribution in [0.5, 0.6) is 0 Å². The summed E-state index contributed by atoms with van der Waals surface area (Å²) in [6.45, 7) is 6.95. The zero-order valence-corrected chi connectivity index (χ0v) is 19.1. The minimum absolute atomic E-state index is 0.0305. The lowest BCUT2D eigenvalue weighted by Crippen LogP contribution is -2.48. The van der Waals surface area contributed by atoms with Gasteiger partial charge in [0.05, 0.1) is 13.2 Å². The van der Waals surface area contributed by atoms with Crippen molar-refractivity contribution in [2.24, 2.45) is 7.05 Å². The number of halogens is 1. The SMILES string of the molecule is COCCN(Cc1cccn1C)C(=O)CN(C(=O)Nc1ccc(C)c(Cl)c1)C(C)C. The zero-order chi connectivity index (χ0) is 22.3. The average Bonchev–Trinajstić information content (AvgIpc) is 3.10. The number of anilines is 1. The summed E-state index contributed by atoms with van der Waals surface area (Å²) in [5, 5.41) is 3.41. The number of aromatic nitrogens is 1. The summed E-state index contributed by atoms with van der Waals surface area (Å²) < 4.78 is 7.14. The van der Waals surface area contributed by atoms with Gasteiger partial charge in [0.15, 0.2) is 0 Å². The number of rotatable bonds is 9. The lowest BCUT2D eigenvalue weighted by atomic mass is 10.2. The Bertz CT molecular complexity index is 866. The first-order valence-corrected chi connectivity index (χ1v) is 10.3. The van der Waals surface area contributed by atoms with Crippen LogP contribution in [0.15, 0.2) is 36.5 Å². The third-order valence-corrected chi connectivity index (χ3v) is 5.34. The van der Waals surface area contributed by atoms with Gasteiger partial charge in [-0.25, -0.2) is 4.79 Å². The molecule has 1 aromatic heterocycles. The molecular weight excluding hydrogens is 404 g/mol. The van der Waals surface area contributed by atoms with Gasteiger partial charge in [-0.15, -0.1) is 0 Å². The highest BCUT2D eigenvalue weighted by Gasteiger charge is 2.24. The number of hydrogen-bond acceptors (Lipinski definition) is 3. The molecule has 0 saturated heterocycles. The Kier molecular flexibility index (Phi) is 8.74. The van der Waals surface area contributed by atoms with E-state index in [0.717, 1.165) is 11.3 Å². The molecule has 0 aliphatic carbocycles. The number of nitrogens with one attached hydrogen (secondary N) is 1. The van der Waals surface area contributed by atoms with Gasteiger partial charge in [0.1, 0.15) is 6.54 Å². The molecule has 0 bridgehead atoms. The highest BCUT2D eigenvalue weighted by atomic mass is 35.5. The molecule has 0 radical (unpaired) electrons. The number of carbonyl (C=O) groups excluding carboxylic acids is 2. The predicted molar refractivity (Wildman–Crippen MR) is 120 cm³/mol. The summed E-state index contributed by atoms with van der Waals surface area (Å²) >= 11 is 6.15. The third-order valence-electron chi connectivity index (χ3n) is 4.94. The Morgan fingerprint density at radius 2 is 2.00 bits per heavy atom. The molecule has 1 aromatic carbocycles. The number of benzene rings is 1. The first-order chi connectivity index (χ1) is 14.2. The molecule has 0 saturated carbocycles. The summed E-state index contributed by atoms with van der Waals surface area (Å²) in [5.74, 6) is -0.140. The van der Waals surface area contributed by atoms with E-state index < -0.39 is 0 Å². The standard InChI is InChI=1S/C22H31ClN4O3/c1-16(2)27(22(29)24-18-9-8-17(3)20(23)13-18)15-21(28)26(11-12-30-5)14-19-7-6-10-25(19)4/h6-10,13,16H,11-12,14-15H2,1-5H3,(H,24,29). The molecule has 3 amide bonds. The molecule has 7 nitrogen and oxygen atoms in total. The quantitative estimate of drug-likeness (QED) is 0.650. The minimum Gasteiger partial charge on any atom is -0.383 e. The average molecular weight is 435 g/mol. The van der Waals surface area contributed by atoms with Crippen LogP contribution in [0, 0.1) is 6.92 Å². The van der Waals surface area contributed by atoms with Crippen LogP contribution in [0.4, 0.5) is 10.5 Å². The second-order valence-electron chi connectivity index (χ2n) is 7.53. The van der Waals surface area contributed by atoms with Crippen LogP contribution in [0.2, 0.25) is 5.02 Å². The molecule has 164 valence electrons. The topological polar surface area (TPSA) is 66.8 Å². The number of urea groups is 1. The maximum absolute atomic E-state index is 13.1. The largest absolute Gasteiger partial charge is 0.383 e. The van der Waals surface area contributed by atoms with Gasteiger partial charge in [-0.1, -0.05) is 17.7 Å². The van der Waals surface area contributed by atoms with Crippen LogP contribution in [0.25, 0.3) is 0 Å².